The average Bonchev–Trinajstić information content (AvgIpc) is 3.24. The molecule has 4 rings (SSSR count). The summed E-state index contributed by atoms with van der Waals surface area (Å²) < 4.78 is 37.0. The molecule has 7 nitrogen and oxygen atoms in total. The van der Waals surface area contributed by atoms with Crippen LogP contribution in [0.1, 0.15) is 64.7 Å². The summed E-state index contributed by atoms with van der Waals surface area (Å²) in [5, 5.41) is 9.08. The van der Waals surface area contributed by atoms with E-state index in [-0.39, 0.29) is 16.7 Å². The Hall–Kier alpha value is -3.49. The van der Waals surface area contributed by atoms with Gasteiger partial charge in [-0.2, -0.15) is 4.58 Å². The Balaban J connectivity index is 1.60. The number of fused-ring (bicyclic) bond motifs is 2. The maximum Gasteiger partial charge on any atom is 0.303 e. The maximum atomic E-state index is 11.6. The van der Waals surface area contributed by atoms with Gasteiger partial charge in [0, 0.05) is 47.5 Å². The van der Waals surface area contributed by atoms with E-state index in [0.717, 1.165) is 34.8 Å². The molecule has 8 heteroatoms. The average molecular weight is 563 g/mol. The van der Waals surface area contributed by atoms with Crippen molar-refractivity contribution in [1.29, 1.82) is 0 Å². The van der Waals surface area contributed by atoms with E-state index in [0.29, 0.717) is 13.0 Å². The van der Waals surface area contributed by atoms with E-state index in [2.05, 4.69) is 48.5 Å². The highest BCUT2D eigenvalue weighted by Crippen LogP contribution is 2.48. The van der Waals surface area contributed by atoms with Crippen molar-refractivity contribution in [3.05, 3.63) is 89.2 Å². The zero-order valence-corrected chi connectivity index (χ0v) is 24.9. The predicted octanol–water partition coefficient (Wildman–Crippen LogP) is 5.82. The molecule has 0 spiro atoms. The molecule has 0 unspecified atom stereocenters. The van der Waals surface area contributed by atoms with Crippen LogP contribution in [0.3, 0.4) is 0 Å². The highest BCUT2D eigenvalue weighted by molar-refractivity contribution is 7.85. The third-order valence-electron chi connectivity index (χ3n) is 8.10. The fourth-order valence-electron chi connectivity index (χ4n) is 5.98. The smallest absolute Gasteiger partial charge is 0.303 e. The van der Waals surface area contributed by atoms with Gasteiger partial charge in [0.2, 0.25) is 5.69 Å². The van der Waals surface area contributed by atoms with Gasteiger partial charge in [-0.25, -0.2) is 8.42 Å². The van der Waals surface area contributed by atoms with E-state index in [1.165, 1.54) is 23.4 Å². The van der Waals surface area contributed by atoms with Crippen LogP contribution >= 0.6 is 0 Å². The number of aryl methyl sites for hydroxylation is 1. The molecule has 40 heavy (non-hydrogen) atoms. The molecule has 2 aliphatic rings. The Bertz CT molecular complexity index is 1580. The van der Waals surface area contributed by atoms with Crippen molar-refractivity contribution in [2.45, 2.75) is 70.1 Å². The highest BCUT2D eigenvalue weighted by Gasteiger charge is 2.44. The first-order valence-electron chi connectivity index (χ1n) is 13.7. The number of carboxylic acid groups (broad SMARTS) is 1. The van der Waals surface area contributed by atoms with Gasteiger partial charge >= 0.3 is 5.97 Å². The molecule has 0 atom stereocenters. The number of benzene rings is 2. The van der Waals surface area contributed by atoms with E-state index in [9.17, 15) is 17.8 Å². The van der Waals surface area contributed by atoms with Gasteiger partial charge in [-0.05, 0) is 69.5 Å². The topological polar surface area (TPSA) is 101 Å². The van der Waals surface area contributed by atoms with Crippen LogP contribution in [0.5, 0.6) is 0 Å². The predicted molar refractivity (Wildman–Crippen MR) is 158 cm³/mol. The molecule has 0 amide bonds. The Morgan fingerprint density at radius 2 is 1.73 bits per heavy atom. The van der Waals surface area contributed by atoms with Crippen molar-refractivity contribution in [2.24, 2.45) is 0 Å². The lowest BCUT2D eigenvalue weighted by molar-refractivity contribution is -0.433. The van der Waals surface area contributed by atoms with Crippen molar-refractivity contribution in [2.75, 3.05) is 18.0 Å². The summed E-state index contributed by atoms with van der Waals surface area (Å²) >= 11 is 0. The fourth-order valence-corrected chi connectivity index (χ4v) is 6.48. The molecule has 0 bridgehead atoms. The zero-order chi connectivity index (χ0) is 29.5. The quantitative estimate of drug-likeness (QED) is 0.235. The highest BCUT2D eigenvalue weighted by atomic mass is 32.2. The molecule has 0 radical (unpaired) electrons. The summed E-state index contributed by atoms with van der Waals surface area (Å²) in [4.78, 5) is 13.1. The molecule has 212 valence electrons. The minimum absolute atomic E-state index is 0.115. The lowest BCUT2D eigenvalue weighted by Gasteiger charge is -2.25. The Morgan fingerprint density at radius 1 is 1.00 bits per heavy atom. The van der Waals surface area contributed by atoms with Crippen LogP contribution < -0.4 is 4.90 Å². The second kappa shape index (κ2) is 10.8. The van der Waals surface area contributed by atoms with Gasteiger partial charge in [0.1, 0.15) is 16.7 Å². The van der Waals surface area contributed by atoms with E-state index in [1.807, 2.05) is 51.1 Å². The summed E-state index contributed by atoms with van der Waals surface area (Å²) in [5.41, 5.74) is 6.62. The largest absolute Gasteiger partial charge is 0.744 e. The molecule has 0 saturated heterocycles. The molecule has 2 heterocycles. The third kappa shape index (κ3) is 5.30. The number of anilines is 1. The molecule has 0 saturated carbocycles. The van der Waals surface area contributed by atoms with Crippen LogP contribution in [0, 0.1) is 0 Å². The van der Waals surface area contributed by atoms with Crippen LogP contribution in [0.25, 0.3) is 0 Å². The number of hydrogen-bond donors (Lipinski definition) is 1. The second-order valence-corrected chi connectivity index (χ2v) is 12.7. The van der Waals surface area contributed by atoms with Gasteiger partial charge in [-0.15, -0.1) is 0 Å². The first-order valence-corrected chi connectivity index (χ1v) is 15.1. The number of aliphatic carboxylic acids is 1. The standard InChI is InChI=1S/C32H38N2O5S/c1-7-33-26-17-14-22(15-19-30(35)36)20-24(26)31(3,4)28(33)12-10-9-11-13-29-32(5,6)25-21-23(40(37,38)39)16-18-27(25)34(29)8-2/h9-14,16-18,20-21H,7-8,15,19H2,1-6H3,(H-,35,36,37,38,39). The number of allylic oxidation sites excluding steroid dienone is 6. The Kier molecular flexibility index (Phi) is 7.98. The van der Waals surface area contributed by atoms with Crippen LogP contribution in [-0.4, -0.2) is 47.4 Å². The lowest BCUT2D eigenvalue weighted by atomic mass is 9.81. The van der Waals surface area contributed by atoms with Gasteiger partial charge in [0.25, 0.3) is 0 Å². The molecule has 0 aromatic heterocycles. The van der Waals surface area contributed by atoms with Crippen LogP contribution in [0.15, 0.2) is 77.4 Å². The first-order chi connectivity index (χ1) is 18.7. The lowest BCUT2D eigenvalue weighted by Crippen LogP contribution is -2.27. The summed E-state index contributed by atoms with van der Waals surface area (Å²) in [5.74, 6) is -0.793. The van der Waals surface area contributed by atoms with Gasteiger partial charge in [-0.3, -0.25) is 4.79 Å². The van der Waals surface area contributed by atoms with Gasteiger partial charge < -0.3 is 14.6 Å². The van der Waals surface area contributed by atoms with Crippen molar-refractivity contribution in [1.82, 2.24) is 0 Å². The van der Waals surface area contributed by atoms with E-state index < -0.39 is 21.5 Å². The third-order valence-corrected chi connectivity index (χ3v) is 8.93. The van der Waals surface area contributed by atoms with Crippen molar-refractivity contribution in [3.63, 3.8) is 0 Å². The molecule has 2 aromatic carbocycles. The zero-order valence-electron chi connectivity index (χ0n) is 24.1. The maximum absolute atomic E-state index is 11.6. The summed E-state index contributed by atoms with van der Waals surface area (Å²) in [6.45, 7) is 14.2. The fraction of sp³-hybridized carbons (Fsp3) is 0.375. The van der Waals surface area contributed by atoms with Crippen LogP contribution in [0.2, 0.25) is 0 Å². The number of likely N-dealkylation sites (N-methyl/N-ethyl adjacent to an activating group) is 1. The SMILES string of the molecule is CCN1/C(=C/C=C/C=C/C2=[N+](CC)c3ccc(S(=O)(=O)[O-])cc3C2(C)C)C(C)(C)c2cc(CCC(=O)O)ccc21. The Labute approximate surface area is 237 Å². The molecular formula is C32H38N2O5S. The molecular weight excluding hydrogens is 524 g/mol. The van der Waals surface area contributed by atoms with E-state index in [1.54, 1.807) is 6.07 Å². The number of rotatable bonds is 9. The minimum Gasteiger partial charge on any atom is -0.744 e. The summed E-state index contributed by atoms with van der Waals surface area (Å²) in [6.07, 6.45) is 10.8. The van der Waals surface area contributed by atoms with Crippen molar-refractivity contribution in [3.8, 4) is 0 Å². The van der Waals surface area contributed by atoms with Gasteiger partial charge in [0.15, 0.2) is 5.71 Å². The summed E-state index contributed by atoms with van der Waals surface area (Å²) in [7, 11) is -4.53. The van der Waals surface area contributed by atoms with Crippen LogP contribution in [0.4, 0.5) is 11.4 Å². The normalized spacial score (nSPS) is 18.8. The number of hydrogen-bond acceptors (Lipinski definition) is 5. The Morgan fingerprint density at radius 3 is 2.35 bits per heavy atom. The van der Waals surface area contributed by atoms with E-state index in [4.69, 9.17) is 5.11 Å². The van der Waals surface area contributed by atoms with Crippen molar-refractivity contribution < 1.29 is 27.4 Å². The minimum atomic E-state index is -4.53. The molecule has 0 aliphatic carbocycles. The first kappa shape index (κ1) is 29.5. The number of carbonyl (C=O) groups is 1. The molecule has 2 aliphatic heterocycles. The molecule has 0 fully saturated rings. The molecule has 2 aromatic rings. The van der Waals surface area contributed by atoms with Crippen LogP contribution in [-0.2, 0) is 32.2 Å². The van der Waals surface area contributed by atoms with Gasteiger partial charge in [0.05, 0.1) is 10.3 Å². The molecule has 1 N–H and O–H groups in total. The monoisotopic (exact) mass is 562 g/mol. The summed E-state index contributed by atoms with van der Waals surface area (Å²) in [6, 6.07) is 10.9. The van der Waals surface area contributed by atoms with E-state index >= 15 is 0 Å². The van der Waals surface area contributed by atoms with Gasteiger partial charge in [-0.1, -0.05) is 44.2 Å². The number of carboxylic acids is 1. The van der Waals surface area contributed by atoms with Crippen molar-refractivity contribution >= 4 is 33.2 Å². The second-order valence-electron chi connectivity index (χ2n) is 11.3. The number of nitrogens with zero attached hydrogens (tertiary/aromatic N) is 2.